The van der Waals surface area contributed by atoms with Gasteiger partial charge in [-0.25, -0.2) is 4.85 Å². The lowest BCUT2D eigenvalue weighted by atomic mass is 10.00. The monoisotopic (exact) mass is 333 g/mol. The number of nitriles is 1. The highest BCUT2D eigenvalue weighted by molar-refractivity contribution is 5.96. The van der Waals surface area contributed by atoms with E-state index in [1.54, 1.807) is 12.1 Å². The van der Waals surface area contributed by atoms with Gasteiger partial charge in [-0.05, 0) is 5.56 Å². The molecular weight excluding hydrogens is 320 g/mol. The van der Waals surface area contributed by atoms with Crippen LogP contribution in [0.4, 0.5) is 5.69 Å². The van der Waals surface area contributed by atoms with Gasteiger partial charge in [0.2, 0.25) is 11.9 Å². The van der Waals surface area contributed by atoms with Crippen molar-refractivity contribution in [3.05, 3.63) is 89.4 Å². The Balaban J connectivity index is 1.91. The van der Waals surface area contributed by atoms with Gasteiger partial charge in [0.25, 0.3) is 0 Å². The molecule has 0 bridgehead atoms. The summed E-state index contributed by atoms with van der Waals surface area (Å²) in [5.74, 6) is 0. The minimum Gasteiger partial charge on any atom is -0.236 e. The van der Waals surface area contributed by atoms with Gasteiger partial charge in [-0.2, -0.15) is 5.26 Å². The molecule has 4 heteroatoms. The van der Waals surface area contributed by atoms with Crippen LogP contribution in [0.5, 0.6) is 0 Å². The predicted molar refractivity (Wildman–Crippen MR) is 99.0 cm³/mol. The smallest absolute Gasteiger partial charge is 0.217 e. The number of hydrogen-bond donors (Lipinski definition) is 0. The molecule has 0 atom stereocenters. The van der Waals surface area contributed by atoms with E-state index in [1.807, 2.05) is 24.4 Å². The molecule has 0 amide bonds. The van der Waals surface area contributed by atoms with E-state index in [2.05, 4.69) is 50.6 Å². The SMILES string of the molecule is [C-]#[N+]c1ccc(C#N)c2c[n+]3n(c12)-c1c(cccc1-c1ccccc1)C3. The minimum absolute atomic E-state index is 0.563. The number of rotatable bonds is 1. The largest absolute Gasteiger partial charge is 0.236 e. The summed E-state index contributed by atoms with van der Waals surface area (Å²) in [4.78, 5) is 3.71. The summed E-state index contributed by atoms with van der Waals surface area (Å²) >= 11 is 0. The van der Waals surface area contributed by atoms with Gasteiger partial charge in [-0.15, -0.1) is 9.36 Å². The summed E-state index contributed by atoms with van der Waals surface area (Å²) in [6.07, 6.45) is 1.98. The number of benzene rings is 3. The molecule has 1 aromatic heterocycles. The van der Waals surface area contributed by atoms with Crippen molar-refractivity contribution in [3.8, 4) is 22.9 Å². The lowest BCUT2D eigenvalue weighted by molar-refractivity contribution is -0.749. The van der Waals surface area contributed by atoms with Crippen molar-refractivity contribution in [1.82, 2.24) is 4.68 Å². The van der Waals surface area contributed by atoms with Crippen LogP contribution < -0.4 is 4.68 Å². The van der Waals surface area contributed by atoms with E-state index in [1.165, 1.54) is 5.56 Å². The van der Waals surface area contributed by atoms with Crippen molar-refractivity contribution in [1.29, 1.82) is 5.26 Å². The Kier molecular flexibility index (Phi) is 2.95. The summed E-state index contributed by atoms with van der Waals surface area (Å²) in [6, 6.07) is 22.3. The fourth-order valence-corrected chi connectivity index (χ4v) is 3.82. The fourth-order valence-electron chi connectivity index (χ4n) is 3.82. The molecule has 1 aliphatic heterocycles. The molecule has 0 fully saturated rings. The molecule has 0 unspecified atom stereocenters. The Morgan fingerprint density at radius 3 is 2.65 bits per heavy atom. The van der Waals surface area contributed by atoms with Gasteiger partial charge in [0.05, 0.1) is 23.6 Å². The van der Waals surface area contributed by atoms with E-state index in [0.29, 0.717) is 11.3 Å². The van der Waals surface area contributed by atoms with Gasteiger partial charge in [0, 0.05) is 11.1 Å². The second kappa shape index (κ2) is 5.31. The maximum atomic E-state index is 9.47. The minimum atomic E-state index is 0.563. The quantitative estimate of drug-likeness (QED) is 0.331. The van der Waals surface area contributed by atoms with Gasteiger partial charge < -0.3 is 0 Å². The molecule has 0 saturated heterocycles. The number of nitrogens with zero attached hydrogens (tertiary/aromatic N) is 4. The highest BCUT2D eigenvalue weighted by Crippen LogP contribution is 2.37. The third-order valence-electron chi connectivity index (χ3n) is 4.93. The Hall–Kier alpha value is -3.89. The molecule has 0 spiro atoms. The van der Waals surface area contributed by atoms with Crippen LogP contribution in [0.25, 0.3) is 32.6 Å². The van der Waals surface area contributed by atoms with Crippen LogP contribution in [0.15, 0.2) is 66.9 Å². The average molecular weight is 333 g/mol. The summed E-state index contributed by atoms with van der Waals surface area (Å²) in [5, 5.41) is 10.3. The molecule has 3 aromatic carbocycles. The van der Waals surface area contributed by atoms with E-state index in [9.17, 15) is 5.26 Å². The zero-order valence-corrected chi connectivity index (χ0v) is 13.8. The average Bonchev–Trinajstić information content (AvgIpc) is 3.23. The van der Waals surface area contributed by atoms with Crippen LogP contribution in [0.3, 0.4) is 0 Å². The van der Waals surface area contributed by atoms with Gasteiger partial charge in [-0.3, -0.25) is 0 Å². The first-order valence-electron chi connectivity index (χ1n) is 8.35. The maximum absolute atomic E-state index is 9.47. The van der Waals surface area contributed by atoms with Crippen molar-refractivity contribution in [3.63, 3.8) is 0 Å². The van der Waals surface area contributed by atoms with Gasteiger partial charge in [0.1, 0.15) is 11.2 Å². The van der Waals surface area contributed by atoms with Gasteiger partial charge in [0.15, 0.2) is 6.54 Å². The molecule has 0 aliphatic carbocycles. The zero-order valence-electron chi connectivity index (χ0n) is 13.8. The van der Waals surface area contributed by atoms with Crippen molar-refractivity contribution in [2.45, 2.75) is 6.54 Å². The highest BCUT2D eigenvalue weighted by Gasteiger charge is 2.32. The standard InChI is InChI=1S/C22H13N4/c1-24-20-11-10-16(12-23)19-14-25-13-17-8-5-9-18(15-6-3-2-4-7-15)21(17)26(25)22(19)20/h2-11,14H,13H2/q+1. The van der Waals surface area contributed by atoms with Crippen molar-refractivity contribution in [2.75, 3.05) is 0 Å². The van der Waals surface area contributed by atoms with E-state index in [0.717, 1.165) is 34.3 Å². The first-order valence-corrected chi connectivity index (χ1v) is 8.35. The Labute approximate surface area is 150 Å². The number of para-hydroxylation sites is 1. The lowest BCUT2D eigenvalue weighted by Gasteiger charge is -2.08. The van der Waals surface area contributed by atoms with E-state index in [-0.39, 0.29) is 0 Å². The van der Waals surface area contributed by atoms with Crippen molar-refractivity contribution in [2.24, 2.45) is 0 Å². The summed E-state index contributed by atoms with van der Waals surface area (Å²) in [7, 11) is 0. The topological polar surface area (TPSA) is 37.0 Å². The zero-order chi connectivity index (χ0) is 17.7. The molecule has 2 heterocycles. The molecule has 4 aromatic rings. The summed E-state index contributed by atoms with van der Waals surface area (Å²) in [6.45, 7) is 8.31. The normalized spacial score (nSPS) is 11.6. The number of aromatic nitrogens is 2. The molecule has 1 aliphatic rings. The first kappa shape index (κ1) is 14.5. The van der Waals surface area contributed by atoms with E-state index >= 15 is 0 Å². The molecule has 5 rings (SSSR count). The van der Waals surface area contributed by atoms with Crippen LogP contribution in [-0.4, -0.2) is 4.68 Å². The molecule has 0 radical (unpaired) electrons. The second-order valence-corrected chi connectivity index (χ2v) is 6.34. The van der Waals surface area contributed by atoms with Gasteiger partial charge >= 0.3 is 0 Å². The summed E-state index contributed by atoms with van der Waals surface area (Å²) in [5.41, 5.74) is 6.54. The van der Waals surface area contributed by atoms with Crippen LogP contribution in [0.2, 0.25) is 0 Å². The van der Waals surface area contributed by atoms with E-state index in [4.69, 9.17) is 6.57 Å². The number of hydrogen-bond acceptors (Lipinski definition) is 1. The first-order chi connectivity index (χ1) is 12.8. The fraction of sp³-hybridized carbons (Fsp3) is 0.0455. The van der Waals surface area contributed by atoms with Crippen LogP contribution in [-0.2, 0) is 6.54 Å². The molecule has 4 nitrogen and oxygen atoms in total. The van der Waals surface area contributed by atoms with Crippen LogP contribution >= 0.6 is 0 Å². The van der Waals surface area contributed by atoms with Crippen molar-refractivity contribution < 1.29 is 4.68 Å². The third kappa shape index (κ3) is 1.84. The third-order valence-corrected chi connectivity index (χ3v) is 4.93. The molecular formula is C22H13N4+. The van der Waals surface area contributed by atoms with E-state index < -0.39 is 0 Å². The van der Waals surface area contributed by atoms with Crippen molar-refractivity contribution >= 4 is 16.6 Å². The maximum Gasteiger partial charge on any atom is 0.217 e. The molecule has 26 heavy (non-hydrogen) atoms. The predicted octanol–water partition coefficient (Wildman–Crippen LogP) is 4.37. The number of fused-ring (bicyclic) bond motifs is 5. The van der Waals surface area contributed by atoms with Crippen LogP contribution in [0, 0.1) is 17.9 Å². The molecule has 120 valence electrons. The Morgan fingerprint density at radius 2 is 1.88 bits per heavy atom. The second-order valence-electron chi connectivity index (χ2n) is 6.34. The Morgan fingerprint density at radius 1 is 1.04 bits per heavy atom. The van der Waals surface area contributed by atoms with Gasteiger partial charge in [-0.1, -0.05) is 60.7 Å². The Bertz CT molecular complexity index is 1270. The highest BCUT2D eigenvalue weighted by atomic mass is 15.4. The summed E-state index contributed by atoms with van der Waals surface area (Å²) < 4.78 is 4.19. The van der Waals surface area contributed by atoms with Crippen LogP contribution in [0.1, 0.15) is 11.1 Å². The lowest BCUT2D eigenvalue weighted by Crippen LogP contribution is -2.36. The molecule has 0 saturated carbocycles. The molecule has 0 N–H and O–H groups in total.